The standard InChI is InChI=1S/C13H17N5O2/c14-17-9-12(18(19)20)8-16-13(17,11-3-4-11)6-10-2-1-5-15-7-10/h1-2,5,7-8,11,16H,3-4,6,9,14H2. The van der Waals surface area contributed by atoms with Crippen molar-refractivity contribution in [3.63, 3.8) is 0 Å². The van der Waals surface area contributed by atoms with Gasteiger partial charge in [-0.15, -0.1) is 0 Å². The van der Waals surface area contributed by atoms with E-state index >= 15 is 0 Å². The average molecular weight is 275 g/mol. The van der Waals surface area contributed by atoms with Gasteiger partial charge in [-0.3, -0.25) is 20.9 Å². The Morgan fingerprint density at radius 2 is 2.40 bits per heavy atom. The second-order valence-corrected chi connectivity index (χ2v) is 5.40. The molecule has 7 nitrogen and oxygen atoms in total. The van der Waals surface area contributed by atoms with Gasteiger partial charge in [0.25, 0.3) is 5.70 Å². The summed E-state index contributed by atoms with van der Waals surface area (Å²) in [6, 6.07) is 3.89. The number of nitro groups is 1. The fourth-order valence-electron chi connectivity index (χ4n) is 2.79. The fourth-order valence-corrected chi connectivity index (χ4v) is 2.79. The Labute approximate surface area is 116 Å². The van der Waals surface area contributed by atoms with E-state index in [1.54, 1.807) is 11.2 Å². The molecule has 0 bridgehead atoms. The minimum absolute atomic E-state index is 0.0926. The van der Waals surface area contributed by atoms with Crippen molar-refractivity contribution in [2.45, 2.75) is 24.9 Å². The number of aromatic nitrogens is 1. The number of hydrazine groups is 1. The van der Waals surface area contributed by atoms with Crippen molar-refractivity contribution >= 4 is 0 Å². The van der Waals surface area contributed by atoms with Crippen molar-refractivity contribution in [2.75, 3.05) is 6.54 Å². The summed E-state index contributed by atoms with van der Waals surface area (Å²) < 4.78 is 0. The molecule has 3 N–H and O–H groups in total. The predicted octanol–water partition coefficient (Wildman–Crippen LogP) is 0.627. The van der Waals surface area contributed by atoms with Crippen molar-refractivity contribution in [2.24, 2.45) is 11.8 Å². The maximum atomic E-state index is 10.9. The fraction of sp³-hybridized carbons (Fsp3) is 0.462. The van der Waals surface area contributed by atoms with Gasteiger partial charge in [0.15, 0.2) is 0 Å². The third kappa shape index (κ3) is 2.25. The summed E-state index contributed by atoms with van der Waals surface area (Å²) >= 11 is 0. The lowest BCUT2D eigenvalue weighted by Gasteiger charge is -2.44. The quantitative estimate of drug-likeness (QED) is 0.475. The van der Waals surface area contributed by atoms with Crippen LogP contribution in [0.3, 0.4) is 0 Å². The molecule has 1 aliphatic heterocycles. The molecule has 1 saturated carbocycles. The maximum absolute atomic E-state index is 10.9. The third-order valence-corrected chi connectivity index (χ3v) is 4.02. The van der Waals surface area contributed by atoms with Gasteiger partial charge in [-0.2, -0.15) is 0 Å². The molecule has 3 rings (SSSR count). The molecule has 2 heterocycles. The number of rotatable bonds is 4. The monoisotopic (exact) mass is 275 g/mol. The highest BCUT2D eigenvalue weighted by Crippen LogP contribution is 2.43. The number of nitrogens with two attached hydrogens (primary N) is 1. The molecule has 0 spiro atoms. The van der Waals surface area contributed by atoms with Gasteiger partial charge in [0.1, 0.15) is 12.2 Å². The van der Waals surface area contributed by atoms with Crippen molar-refractivity contribution in [1.29, 1.82) is 0 Å². The molecule has 1 aromatic rings. The zero-order valence-corrected chi connectivity index (χ0v) is 11.0. The van der Waals surface area contributed by atoms with Crippen LogP contribution in [0.4, 0.5) is 0 Å². The van der Waals surface area contributed by atoms with Crippen molar-refractivity contribution in [3.8, 4) is 0 Å². The average Bonchev–Trinajstić information content (AvgIpc) is 3.27. The first-order chi connectivity index (χ1) is 9.62. The first kappa shape index (κ1) is 13.0. The summed E-state index contributed by atoms with van der Waals surface area (Å²) in [6.45, 7) is 0.150. The predicted molar refractivity (Wildman–Crippen MR) is 72.5 cm³/mol. The van der Waals surface area contributed by atoms with E-state index in [1.807, 2.05) is 18.3 Å². The Bertz CT molecular complexity index is 543. The minimum Gasteiger partial charge on any atom is -0.366 e. The molecule has 1 aliphatic carbocycles. The molecule has 2 aliphatic rings. The molecule has 1 unspecified atom stereocenters. The number of nitrogens with one attached hydrogen (secondary N) is 1. The van der Waals surface area contributed by atoms with E-state index in [1.165, 1.54) is 6.20 Å². The first-order valence-corrected chi connectivity index (χ1v) is 6.64. The first-order valence-electron chi connectivity index (χ1n) is 6.64. The largest absolute Gasteiger partial charge is 0.366 e. The van der Waals surface area contributed by atoms with Crippen LogP contribution in [0.5, 0.6) is 0 Å². The Hall–Kier alpha value is -1.99. The normalized spacial score (nSPS) is 26.8. The zero-order valence-electron chi connectivity index (χ0n) is 11.0. The lowest BCUT2D eigenvalue weighted by molar-refractivity contribution is -0.431. The Kier molecular flexibility index (Phi) is 3.15. The van der Waals surface area contributed by atoms with Crippen LogP contribution in [0.1, 0.15) is 18.4 Å². The van der Waals surface area contributed by atoms with Gasteiger partial charge in [0.05, 0.1) is 11.1 Å². The van der Waals surface area contributed by atoms with Gasteiger partial charge < -0.3 is 5.32 Å². The smallest absolute Gasteiger partial charge is 0.277 e. The van der Waals surface area contributed by atoms with E-state index in [0.29, 0.717) is 12.3 Å². The van der Waals surface area contributed by atoms with Crippen LogP contribution < -0.4 is 11.2 Å². The van der Waals surface area contributed by atoms with Gasteiger partial charge in [-0.05, 0) is 30.4 Å². The van der Waals surface area contributed by atoms with E-state index in [4.69, 9.17) is 5.84 Å². The zero-order chi connectivity index (χ0) is 14.2. The van der Waals surface area contributed by atoms with Crippen LogP contribution in [-0.4, -0.2) is 27.1 Å². The highest BCUT2D eigenvalue weighted by Gasteiger charge is 2.51. The summed E-state index contributed by atoms with van der Waals surface area (Å²) in [5.41, 5.74) is 0.720. The molecule has 0 aromatic carbocycles. The molecule has 1 aromatic heterocycles. The summed E-state index contributed by atoms with van der Waals surface area (Å²) in [5.74, 6) is 6.55. The van der Waals surface area contributed by atoms with E-state index in [9.17, 15) is 10.1 Å². The highest BCUT2D eigenvalue weighted by molar-refractivity contribution is 5.19. The molecule has 1 fully saturated rings. The SMILES string of the molecule is NN1CC([N+](=O)[O-])=CNC1(Cc1cccnc1)C1CC1. The van der Waals surface area contributed by atoms with Gasteiger partial charge in [-0.1, -0.05) is 6.07 Å². The van der Waals surface area contributed by atoms with Crippen molar-refractivity contribution < 1.29 is 4.92 Å². The van der Waals surface area contributed by atoms with Crippen LogP contribution in [0.2, 0.25) is 0 Å². The Balaban J connectivity index is 1.88. The second-order valence-electron chi connectivity index (χ2n) is 5.40. The number of pyridine rings is 1. The molecular formula is C13H17N5O2. The Morgan fingerprint density at radius 3 is 2.95 bits per heavy atom. The summed E-state index contributed by atoms with van der Waals surface area (Å²) in [6.07, 6.45) is 7.89. The van der Waals surface area contributed by atoms with Crippen molar-refractivity contribution in [1.82, 2.24) is 15.3 Å². The number of hydrogen-bond acceptors (Lipinski definition) is 6. The second kappa shape index (κ2) is 4.84. The lowest BCUT2D eigenvalue weighted by Crippen LogP contribution is -2.66. The van der Waals surface area contributed by atoms with E-state index in [2.05, 4.69) is 10.3 Å². The van der Waals surface area contributed by atoms with Gasteiger partial charge in [-0.25, -0.2) is 5.01 Å². The molecule has 0 amide bonds. The lowest BCUT2D eigenvalue weighted by atomic mass is 9.93. The molecule has 0 saturated heterocycles. The number of hydrogen-bond donors (Lipinski definition) is 2. The van der Waals surface area contributed by atoms with Gasteiger partial charge in [0, 0.05) is 18.8 Å². The van der Waals surface area contributed by atoms with Gasteiger partial charge in [0.2, 0.25) is 0 Å². The summed E-state index contributed by atoms with van der Waals surface area (Å²) in [7, 11) is 0. The Morgan fingerprint density at radius 1 is 1.60 bits per heavy atom. The number of nitrogens with zero attached hydrogens (tertiary/aromatic N) is 3. The molecular weight excluding hydrogens is 258 g/mol. The van der Waals surface area contributed by atoms with Crippen molar-refractivity contribution in [3.05, 3.63) is 52.1 Å². The molecule has 1 atom stereocenters. The van der Waals surface area contributed by atoms with E-state index in [0.717, 1.165) is 18.4 Å². The highest BCUT2D eigenvalue weighted by atomic mass is 16.6. The maximum Gasteiger partial charge on any atom is 0.277 e. The van der Waals surface area contributed by atoms with Crippen LogP contribution in [-0.2, 0) is 6.42 Å². The molecule has 106 valence electrons. The van der Waals surface area contributed by atoms with Crippen LogP contribution in [0, 0.1) is 16.0 Å². The van der Waals surface area contributed by atoms with Crippen LogP contribution in [0.25, 0.3) is 0 Å². The summed E-state index contributed by atoms with van der Waals surface area (Å²) in [4.78, 5) is 14.6. The third-order valence-electron chi connectivity index (χ3n) is 4.02. The van der Waals surface area contributed by atoms with Crippen LogP contribution >= 0.6 is 0 Å². The molecule has 20 heavy (non-hydrogen) atoms. The molecule has 0 radical (unpaired) electrons. The van der Waals surface area contributed by atoms with Gasteiger partial charge >= 0.3 is 0 Å². The summed E-state index contributed by atoms with van der Waals surface area (Å²) in [5, 5.41) is 15.6. The van der Waals surface area contributed by atoms with Crippen LogP contribution in [0.15, 0.2) is 36.4 Å². The topological polar surface area (TPSA) is 97.3 Å². The molecule has 7 heteroatoms. The van der Waals surface area contributed by atoms with E-state index < -0.39 is 10.6 Å². The minimum atomic E-state index is -0.442. The van der Waals surface area contributed by atoms with E-state index in [-0.39, 0.29) is 12.2 Å².